The zero-order valence-corrected chi connectivity index (χ0v) is 15.1. The molecule has 0 saturated heterocycles. The topological polar surface area (TPSA) is 54.4 Å². The quantitative estimate of drug-likeness (QED) is 0.847. The minimum absolute atomic E-state index is 0.120. The normalized spacial score (nSPS) is 35.3. The molecule has 2 fully saturated rings. The molecule has 2 saturated carbocycles. The van der Waals surface area contributed by atoms with Crippen LogP contribution in [0, 0.1) is 16.7 Å². The standard InChI is InChI=1S/C17H32O3S/c1-15(2)10-16(3,4)12-17(18,11-15)13-7-6-8-14(9-13)21(5,19)20/h13-14,18H,6-12H2,1-5H3. The van der Waals surface area contributed by atoms with Crippen molar-refractivity contribution in [2.45, 2.75) is 83.5 Å². The van der Waals surface area contributed by atoms with Gasteiger partial charge in [-0.15, -0.1) is 0 Å². The van der Waals surface area contributed by atoms with E-state index in [0.717, 1.165) is 38.5 Å². The van der Waals surface area contributed by atoms with Gasteiger partial charge in [-0.25, -0.2) is 8.42 Å². The van der Waals surface area contributed by atoms with Gasteiger partial charge in [0.25, 0.3) is 0 Å². The van der Waals surface area contributed by atoms with Crippen LogP contribution in [-0.2, 0) is 9.84 Å². The molecule has 2 aliphatic carbocycles. The van der Waals surface area contributed by atoms with Crippen molar-refractivity contribution in [3.05, 3.63) is 0 Å². The second-order valence-electron chi connectivity index (χ2n) is 9.28. The Morgan fingerprint density at radius 2 is 1.48 bits per heavy atom. The van der Waals surface area contributed by atoms with Crippen molar-refractivity contribution in [1.29, 1.82) is 0 Å². The molecule has 124 valence electrons. The number of hydrogen-bond acceptors (Lipinski definition) is 3. The maximum absolute atomic E-state index is 11.9. The molecule has 0 aromatic rings. The average Bonchev–Trinajstić information content (AvgIpc) is 2.23. The first-order valence-corrected chi connectivity index (χ1v) is 10.2. The number of sulfone groups is 1. The largest absolute Gasteiger partial charge is 0.390 e. The summed E-state index contributed by atoms with van der Waals surface area (Å²) in [4.78, 5) is 0. The Bertz CT molecular complexity index is 474. The van der Waals surface area contributed by atoms with E-state index in [1.807, 2.05) is 0 Å². The van der Waals surface area contributed by atoms with Crippen LogP contribution >= 0.6 is 0 Å². The summed E-state index contributed by atoms with van der Waals surface area (Å²) in [7, 11) is -2.99. The minimum Gasteiger partial charge on any atom is -0.390 e. The molecule has 21 heavy (non-hydrogen) atoms. The van der Waals surface area contributed by atoms with Crippen molar-refractivity contribution in [3.63, 3.8) is 0 Å². The van der Waals surface area contributed by atoms with Gasteiger partial charge in [0.1, 0.15) is 9.84 Å². The highest BCUT2D eigenvalue weighted by molar-refractivity contribution is 7.91. The average molecular weight is 317 g/mol. The van der Waals surface area contributed by atoms with Gasteiger partial charge in [-0.05, 0) is 55.3 Å². The lowest BCUT2D eigenvalue weighted by molar-refractivity contribution is -0.128. The minimum atomic E-state index is -2.99. The molecule has 2 rings (SSSR count). The Kier molecular flexibility index (Phi) is 4.30. The first-order chi connectivity index (χ1) is 9.33. The molecule has 0 aliphatic heterocycles. The van der Waals surface area contributed by atoms with Crippen LogP contribution in [0.15, 0.2) is 0 Å². The molecular formula is C17H32O3S. The van der Waals surface area contributed by atoms with E-state index in [1.54, 1.807) is 0 Å². The summed E-state index contributed by atoms with van der Waals surface area (Å²) in [6.45, 7) is 8.93. The van der Waals surface area contributed by atoms with Gasteiger partial charge in [0.15, 0.2) is 0 Å². The van der Waals surface area contributed by atoms with E-state index in [-0.39, 0.29) is 22.0 Å². The van der Waals surface area contributed by atoms with E-state index in [4.69, 9.17) is 0 Å². The van der Waals surface area contributed by atoms with Crippen LogP contribution in [0.2, 0.25) is 0 Å². The molecule has 4 heteroatoms. The Balaban J connectivity index is 2.22. The van der Waals surface area contributed by atoms with E-state index < -0.39 is 15.4 Å². The second-order valence-corrected chi connectivity index (χ2v) is 11.6. The van der Waals surface area contributed by atoms with Crippen molar-refractivity contribution in [1.82, 2.24) is 0 Å². The van der Waals surface area contributed by atoms with Crippen LogP contribution < -0.4 is 0 Å². The van der Waals surface area contributed by atoms with E-state index in [0.29, 0.717) is 6.42 Å². The van der Waals surface area contributed by atoms with Crippen LogP contribution in [0.1, 0.15) is 72.6 Å². The van der Waals surface area contributed by atoms with Crippen LogP contribution in [0.3, 0.4) is 0 Å². The molecule has 2 unspecified atom stereocenters. The summed E-state index contributed by atoms with van der Waals surface area (Å²) in [6.07, 6.45) is 7.35. The summed E-state index contributed by atoms with van der Waals surface area (Å²) in [6, 6.07) is 0. The van der Waals surface area contributed by atoms with E-state index >= 15 is 0 Å². The third kappa shape index (κ3) is 4.01. The summed E-state index contributed by atoms with van der Waals surface area (Å²) in [5.41, 5.74) is -0.461. The highest BCUT2D eigenvalue weighted by Gasteiger charge is 2.51. The first-order valence-electron chi connectivity index (χ1n) is 8.24. The third-order valence-electron chi connectivity index (χ3n) is 5.52. The Labute approximate surface area is 130 Å². The summed E-state index contributed by atoms with van der Waals surface area (Å²) in [5.74, 6) is 0.129. The van der Waals surface area contributed by atoms with Crippen molar-refractivity contribution < 1.29 is 13.5 Å². The number of hydrogen-bond donors (Lipinski definition) is 1. The summed E-state index contributed by atoms with van der Waals surface area (Å²) in [5, 5.41) is 11.1. The fraction of sp³-hybridized carbons (Fsp3) is 1.00. The van der Waals surface area contributed by atoms with Gasteiger partial charge in [-0.1, -0.05) is 34.1 Å². The monoisotopic (exact) mass is 316 g/mol. The molecule has 3 nitrogen and oxygen atoms in total. The lowest BCUT2D eigenvalue weighted by Crippen LogP contribution is -2.52. The van der Waals surface area contributed by atoms with Gasteiger partial charge in [-0.2, -0.15) is 0 Å². The fourth-order valence-corrected chi connectivity index (χ4v) is 6.63. The van der Waals surface area contributed by atoms with Crippen molar-refractivity contribution in [3.8, 4) is 0 Å². The smallest absolute Gasteiger partial charge is 0.150 e. The zero-order chi connectivity index (χ0) is 16.1. The predicted octanol–water partition coefficient (Wildman–Crippen LogP) is 3.56. The molecule has 2 aliphatic rings. The van der Waals surface area contributed by atoms with Gasteiger partial charge >= 0.3 is 0 Å². The molecular weight excluding hydrogens is 284 g/mol. The van der Waals surface area contributed by atoms with E-state index in [2.05, 4.69) is 27.7 Å². The molecule has 0 aromatic heterocycles. The van der Waals surface area contributed by atoms with E-state index in [1.165, 1.54) is 6.26 Å². The van der Waals surface area contributed by atoms with E-state index in [9.17, 15) is 13.5 Å². The van der Waals surface area contributed by atoms with Crippen LogP contribution in [0.4, 0.5) is 0 Å². The van der Waals surface area contributed by atoms with Crippen LogP contribution in [-0.4, -0.2) is 30.6 Å². The fourth-order valence-electron chi connectivity index (χ4n) is 5.45. The van der Waals surface area contributed by atoms with Gasteiger partial charge < -0.3 is 5.11 Å². The molecule has 0 amide bonds. The maximum Gasteiger partial charge on any atom is 0.150 e. The van der Waals surface area contributed by atoms with Crippen molar-refractivity contribution in [2.24, 2.45) is 16.7 Å². The molecule has 0 spiro atoms. The SMILES string of the molecule is CC1(C)CC(C)(C)CC(O)(C2CCCC(S(C)(=O)=O)C2)C1. The predicted molar refractivity (Wildman–Crippen MR) is 87.0 cm³/mol. The molecule has 0 heterocycles. The first kappa shape index (κ1) is 17.3. The highest BCUT2D eigenvalue weighted by Crippen LogP contribution is 2.54. The van der Waals surface area contributed by atoms with Crippen molar-refractivity contribution in [2.75, 3.05) is 6.26 Å². The number of rotatable bonds is 2. The van der Waals surface area contributed by atoms with Gasteiger partial charge in [-0.3, -0.25) is 0 Å². The van der Waals surface area contributed by atoms with Crippen LogP contribution in [0.25, 0.3) is 0 Å². The molecule has 0 aromatic carbocycles. The Hall–Kier alpha value is -0.0900. The highest BCUT2D eigenvalue weighted by atomic mass is 32.2. The maximum atomic E-state index is 11.9. The lowest BCUT2D eigenvalue weighted by Gasteiger charge is -2.53. The van der Waals surface area contributed by atoms with Crippen LogP contribution in [0.5, 0.6) is 0 Å². The molecule has 1 N–H and O–H groups in total. The lowest BCUT2D eigenvalue weighted by atomic mass is 9.55. The third-order valence-corrected chi connectivity index (χ3v) is 7.16. The Morgan fingerprint density at radius 1 is 0.952 bits per heavy atom. The van der Waals surface area contributed by atoms with Gasteiger partial charge in [0, 0.05) is 6.26 Å². The number of aliphatic hydroxyl groups is 1. The zero-order valence-electron chi connectivity index (χ0n) is 14.3. The van der Waals surface area contributed by atoms with Gasteiger partial charge in [0.05, 0.1) is 10.9 Å². The summed E-state index contributed by atoms with van der Waals surface area (Å²) >= 11 is 0. The van der Waals surface area contributed by atoms with Gasteiger partial charge in [0.2, 0.25) is 0 Å². The second kappa shape index (κ2) is 5.23. The Morgan fingerprint density at radius 3 is 1.95 bits per heavy atom. The molecule has 2 atom stereocenters. The molecule has 0 radical (unpaired) electrons. The molecule has 0 bridgehead atoms. The van der Waals surface area contributed by atoms with Crippen molar-refractivity contribution >= 4 is 9.84 Å². The summed E-state index contributed by atoms with van der Waals surface area (Å²) < 4.78 is 23.8.